The molecule has 1 saturated carbocycles. The molecule has 0 saturated heterocycles. The molecule has 15 nitrogen and oxygen atoms in total. The average molecular weight is 800 g/mol. The summed E-state index contributed by atoms with van der Waals surface area (Å²) in [6.07, 6.45) is -1.89. The minimum absolute atomic E-state index is 0.0240. The summed E-state index contributed by atoms with van der Waals surface area (Å²) in [7, 11) is 0. The number of aromatic nitrogens is 2. The molecule has 1 aliphatic carbocycles. The number of aromatic amines is 1. The van der Waals surface area contributed by atoms with E-state index in [1.165, 1.54) is 0 Å². The standard InChI is InChI=1S/C39H48F3N7O8/c1-38(2,3)57-30(50)18-17-28(34(53)46-29(35(54)55)21-22-8-6-11-25(20-22)23-9-4-5-10-23)45-32(51)24-13-15-26(16-14-24)49(36(56)39(40,41)42)19-7-12-27-31(43)47-37(44)48-33(27)52/h6,8,11,13-16,20,23,28-29H,4-5,7,9-10,12,17-19,21H2,1-3H3,(H,45,51)(H,46,53)(H,54,55)(H5,43,44,47,48,52)/t28-,29-/m0/s1. The number of H-pyrrole nitrogens is 1. The second-order valence-corrected chi connectivity index (χ2v) is 14.9. The third-order valence-electron chi connectivity index (χ3n) is 9.31. The predicted octanol–water partition coefficient (Wildman–Crippen LogP) is 4.15. The zero-order chi connectivity index (χ0) is 42.1. The Bertz CT molecular complexity index is 1990. The molecule has 0 spiro atoms. The van der Waals surface area contributed by atoms with E-state index in [-0.39, 0.29) is 60.7 Å². The molecule has 0 unspecified atom stereocenters. The number of benzene rings is 2. The molecule has 1 aliphatic rings. The summed E-state index contributed by atoms with van der Waals surface area (Å²) in [5.41, 5.74) is 11.1. The van der Waals surface area contributed by atoms with Gasteiger partial charge in [0.15, 0.2) is 0 Å². The molecule has 8 N–H and O–H groups in total. The van der Waals surface area contributed by atoms with Gasteiger partial charge in [-0.05, 0) is 94.2 Å². The summed E-state index contributed by atoms with van der Waals surface area (Å²) in [5.74, 6) is -6.03. The quantitative estimate of drug-likeness (QED) is 0.113. The second-order valence-electron chi connectivity index (χ2n) is 14.9. The number of carbonyl (C=O) groups is 5. The normalized spacial score (nSPS) is 14.4. The average Bonchev–Trinajstić information content (AvgIpc) is 3.67. The summed E-state index contributed by atoms with van der Waals surface area (Å²) >= 11 is 0. The molecule has 57 heavy (non-hydrogen) atoms. The van der Waals surface area contributed by atoms with Crippen LogP contribution in [0.4, 0.5) is 30.6 Å². The fourth-order valence-electron chi connectivity index (χ4n) is 6.59. The Morgan fingerprint density at radius 1 is 1.00 bits per heavy atom. The largest absolute Gasteiger partial charge is 0.480 e. The van der Waals surface area contributed by atoms with E-state index in [1.54, 1.807) is 26.8 Å². The summed E-state index contributed by atoms with van der Waals surface area (Å²) in [6, 6.07) is 9.18. The molecule has 3 amide bonds. The molecule has 0 aliphatic heterocycles. The van der Waals surface area contributed by atoms with E-state index in [0.29, 0.717) is 16.4 Å². The molecule has 1 fully saturated rings. The molecule has 2 aromatic carbocycles. The van der Waals surface area contributed by atoms with Crippen molar-refractivity contribution in [2.45, 2.75) is 108 Å². The maximum Gasteiger partial charge on any atom is 0.471 e. The summed E-state index contributed by atoms with van der Waals surface area (Å²) in [6.45, 7) is 4.45. The molecule has 3 aromatic rings. The van der Waals surface area contributed by atoms with E-state index in [2.05, 4.69) is 20.6 Å². The molecule has 18 heteroatoms. The van der Waals surface area contributed by atoms with Gasteiger partial charge in [-0.15, -0.1) is 0 Å². The Morgan fingerprint density at radius 3 is 2.26 bits per heavy atom. The monoisotopic (exact) mass is 799 g/mol. The fraction of sp³-hybridized carbons (Fsp3) is 0.462. The number of aliphatic carboxylic acids is 1. The van der Waals surface area contributed by atoms with Crippen molar-refractivity contribution in [2.75, 3.05) is 22.9 Å². The molecule has 2 atom stereocenters. The molecule has 1 aromatic heterocycles. The van der Waals surface area contributed by atoms with E-state index in [4.69, 9.17) is 16.2 Å². The highest BCUT2D eigenvalue weighted by Crippen LogP contribution is 2.34. The van der Waals surface area contributed by atoms with E-state index in [1.807, 2.05) is 18.2 Å². The van der Waals surface area contributed by atoms with Crippen LogP contribution < -0.4 is 32.6 Å². The SMILES string of the molecule is CC(C)(C)OC(=O)CC[C@H](NC(=O)c1ccc(N(CCCc2c(N)nc(N)[nH]c2=O)C(=O)C(F)(F)F)cc1)C(=O)N[C@@H](Cc1cccc(C2CCCC2)c1)C(=O)O. The molecular formula is C39H48F3N7O8. The number of alkyl halides is 3. The lowest BCUT2D eigenvalue weighted by Gasteiger charge is -2.25. The van der Waals surface area contributed by atoms with E-state index in [0.717, 1.165) is 55.5 Å². The van der Waals surface area contributed by atoms with Crippen LogP contribution in [0.3, 0.4) is 0 Å². The smallest absolute Gasteiger partial charge is 0.471 e. The Balaban J connectivity index is 1.51. The van der Waals surface area contributed by atoms with Gasteiger partial charge in [-0.25, -0.2) is 4.79 Å². The van der Waals surface area contributed by atoms with Crippen LogP contribution in [-0.2, 0) is 36.8 Å². The minimum Gasteiger partial charge on any atom is -0.480 e. The van der Waals surface area contributed by atoms with Crippen molar-refractivity contribution in [1.29, 1.82) is 0 Å². The van der Waals surface area contributed by atoms with Crippen molar-refractivity contribution >= 4 is 47.1 Å². The number of nitrogen functional groups attached to an aromatic ring is 2. The molecule has 308 valence electrons. The van der Waals surface area contributed by atoms with E-state index in [9.17, 15) is 47.0 Å². The summed E-state index contributed by atoms with van der Waals surface area (Å²) in [5, 5.41) is 15.0. The summed E-state index contributed by atoms with van der Waals surface area (Å²) in [4.78, 5) is 83.1. The predicted molar refractivity (Wildman–Crippen MR) is 204 cm³/mol. The van der Waals surface area contributed by atoms with Crippen molar-refractivity contribution in [1.82, 2.24) is 20.6 Å². The fourth-order valence-corrected chi connectivity index (χ4v) is 6.59. The van der Waals surface area contributed by atoms with Crippen LogP contribution in [0.1, 0.15) is 98.7 Å². The van der Waals surface area contributed by atoms with Crippen LogP contribution in [0.5, 0.6) is 0 Å². The van der Waals surface area contributed by atoms with E-state index < -0.39 is 65.6 Å². The molecular weight excluding hydrogens is 751 g/mol. The van der Waals surface area contributed by atoms with Gasteiger partial charge in [0, 0.05) is 30.6 Å². The van der Waals surface area contributed by atoms with Crippen LogP contribution in [0.15, 0.2) is 53.3 Å². The van der Waals surface area contributed by atoms with E-state index >= 15 is 0 Å². The van der Waals surface area contributed by atoms with Gasteiger partial charge in [-0.2, -0.15) is 18.2 Å². The van der Waals surface area contributed by atoms with Crippen LogP contribution in [0.2, 0.25) is 0 Å². The Morgan fingerprint density at radius 2 is 1.67 bits per heavy atom. The van der Waals surface area contributed by atoms with Gasteiger partial charge >= 0.3 is 24.0 Å². The third kappa shape index (κ3) is 12.8. The van der Waals surface area contributed by atoms with Gasteiger partial charge < -0.3 is 36.8 Å². The number of nitrogens with one attached hydrogen (secondary N) is 3. The maximum atomic E-state index is 13.6. The molecule has 4 rings (SSSR count). The van der Waals surface area contributed by atoms with Gasteiger partial charge in [0.05, 0.1) is 5.56 Å². The first-order chi connectivity index (χ1) is 26.7. The highest BCUT2D eigenvalue weighted by Gasteiger charge is 2.43. The zero-order valence-corrected chi connectivity index (χ0v) is 31.9. The maximum absolute atomic E-state index is 13.6. The van der Waals surface area contributed by atoms with Gasteiger partial charge in [0.1, 0.15) is 23.5 Å². The van der Waals surface area contributed by atoms with Gasteiger partial charge in [-0.1, -0.05) is 37.1 Å². The van der Waals surface area contributed by atoms with Crippen molar-refractivity contribution in [3.63, 3.8) is 0 Å². The van der Waals surface area contributed by atoms with Crippen LogP contribution in [0, 0.1) is 0 Å². The number of amides is 3. The molecule has 0 bridgehead atoms. The number of anilines is 3. The number of hydrogen-bond donors (Lipinski definition) is 6. The number of carboxylic acids is 1. The lowest BCUT2D eigenvalue weighted by Crippen LogP contribution is -2.52. The number of nitrogens with zero attached hydrogens (tertiary/aromatic N) is 2. The first-order valence-electron chi connectivity index (χ1n) is 18.5. The highest BCUT2D eigenvalue weighted by atomic mass is 19.4. The van der Waals surface area contributed by atoms with Crippen molar-refractivity contribution < 1.29 is 47.0 Å². The number of rotatable bonds is 16. The number of carbonyl (C=O) groups excluding carboxylic acids is 4. The number of nitrogens with two attached hydrogens (primary N) is 2. The number of hydrogen-bond acceptors (Lipinski definition) is 10. The Labute approximate surface area is 326 Å². The number of ether oxygens (including phenoxy) is 1. The van der Waals surface area contributed by atoms with Crippen molar-refractivity contribution in [3.05, 3.63) is 81.1 Å². The van der Waals surface area contributed by atoms with Crippen molar-refractivity contribution in [2.24, 2.45) is 0 Å². The highest BCUT2D eigenvalue weighted by molar-refractivity contribution is 6.00. The molecule has 1 heterocycles. The minimum atomic E-state index is -5.27. The second kappa shape index (κ2) is 18.8. The number of carboxylic acid groups (broad SMARTS) is 1. The number of esters is 1. The number of halogens is 3. The van der Waals surface area contributed by atoms with Crippen LogP contribution >= 0.6 is 0 Å². The molecule has 0 radical (unpaired) electrons. The van der Waals surface area contributed by atoms with Gasteiger partial charge in [-0.3, -0.25) is 29.0 Å². The Kier molecular flexibility index (Phi) is 14.4. The lowest BCUT2D eigenvalue weighted by atomic mass is 9.94. The Hall–Kier alpha value is -5.94. The lowest BCUT2D eigenvalue weighted by molar-refractivity contribution is -0.170. The first-order valence-corrected chi connectivity index (χ1v) is 18.5. The first kappa shape index (κ1) is 43.8. The van der Waals surface area contributed by atoms with Gasteiger partial charge in [0.2, 0.25) is 11.9 Å². The van der Waals surface area contributed by atoms with Crippen molar-refractivity contribution in [3.8, 4) is 0 Å². The topological polar surface area (TPSA) is 240 Å². The van der Waals surface area contributed by atoms with Gasteiger partial charge in [0.25, 0.3) is 11.5 Å². The summed E-state index contributed by atoms with van der Waals surface area (Å²) < 4.78 is 46.2. The van der Waals surface area contributed by atoms with Crippen LogP contribution in [-0.4, -0.2) is 75.1 Å². The third-order valence-corrected chi connectivity index (χ3v) is 9.31. The van der Waals surface area contributed by atoms with Crippen LogP contribution in [0.25, 0.3) is 0 Å². The zero-order valence-electron chi connectivity index (χ0n) is 31.9.